The fraction of sp³-hybridized carbons (Fsp3) is 0.188. The van der Waals surface area contributed by atoms with Crippen molar-refractivity contribution in [3.05, 3.63) is 63.1 Å². The second-order valence-electron chi connectivity index (χ2n) is 4.59. The molecule has 0 unspecified atom stereocenters. The highest BCUT2D eigenvalue weighted by Gasteiger charge is 2.08. The highest BCUT2D eigenvalue weighted by atomic mass is 16.5. The van der Waals surface area contributed by atoms with Crippen molar-refractivity contribution in [2.75, 3.05) is 7.11 Å². The van der Waals surface area contributed by atoms with E-state index >= 15 is 0 Å². The molecule has 2 aromatic rings. The zero-order valence-corrected chi connectivity index (χ0v) is 12.1. The van der Waals surface area contributed by atoms with Gasteiger partial charge in [0.1, 0.15) is 17.4 Å². The summed E-state index contributed by atoms with van der Waals surface area (Å²) in [4.78, 5) is 12.2. The van der Waals surface area contributed by atoms with E-state index in [1.807, 2.05) is 30.3 Å². The maximum absolute atomic E-state index is 12.2. The minimum absolute atomic E-state index is 0.114. The normalized spacial score (nSPS) is 10.6. The Morgan fingerprint density at radius 3 is 2.76 bits per heavy atom. The summed E-state index contributed by atoms with van der Waals surface area (Å²) in [6.45, 7) is 3.52. The van der Waals surface area contributed by atoms with Crippen LogP contribution in [0.25, 0.3) is 0 Å². The van der Waals surface area contributed by atoms with Gasteiger partial charge in [-0.1, -0.05) is 12.1 Å². The molecule has 5 heteroatoms. The molecule has 0 saturated heterocycles. The van der Waals surface area contributed by atoms with E-state index in [0.29, 0.717) is 17.0 Å². The summed E-state index contributed by atoms with van der Waals surface area (Å²) < 4.78 is 6.36. The second-order valence-corrected chi connectivity index (χ2v) is 4.59. The number of ether oxygens (including phenoxy) is 1. The second kappa shape index (κ2) is 6.06. The molecule has 1 aromatic heterocycles. The molecule has 0 aliphatic heterocycles. The van der Waals surface area contributed by atoms with Crippen LogP contribution in [-0.2, 0) is 0 Å². The van der Waals surface area contributed by atoms with Crippen LogP contribution in [0.2, 0.25) is 0 Å². The lowest BCUT2D eigenvalue weighted by Crippen LogP contribution is -2.22. The van der Waals surface area contributed by atoms with E-state index in [1.54, 1.807) is 33.2 Å². The lowest BCUT2D eigenvalue weighted by atomic mass is 10.1. The number of nitriles is 1. The monoisotopic (exact) mass is 281 g/mol. The van der Waals surface area contributed by atoms with Gasteiger partial charge in [-0.05, 0) is 43.2 Å². The Labute approximate surface area is 122 Å². The molecule has 0 bridgehead atoms. The number of benzene rings is 1. The van der Waals surface area contributed by atoms with Gasteiger partial charge >= 0.3 is 0 Å². The number of methoxy groups -OCH3 is 1. The molecule has 0 fully saturated rings. The SMILES string of the molecule is COc1cccc(/C=N/n2c(C)cc(C)c(C#N)c2=O)c1. The van der Waals surface area contributed by atoms with Crippen molar-refractivity contribution < 1.29 is 4.74 Å². The fourth-order valence-corrected chi connectivity index (χ4v) is 2.01. The molecule has 0 aliphatic rings. The van der Waals surface area contributed by atoms with Crippen molar-refractivity contribution >= 4 is 6.21 Å². The quantitative estimate of drug-likeness (QED) is 0.810. The van der Waals surface area contributed by atoms with Crippen molar-refractivity contribution in [3.8, 4) is 11.8 Å². The highest BCUT2D eigenvalue weighted by Crippen LogP contribution is 2.11. The third kappa shape index (κ3) is 3.00. The van der Waals surface area contributed by atoms with Gasteiger partial charge in [0, 0.05) is 5.69 Å². The Bertz CT molecular complexity index is 798. The third-order valence-corrected chi connectivity index (χ3v) is 3.09. The number of hydrogen-bond acceptors (Lipinski definition) is 4. The van der Waals surface area contributed by atoms with E-state index in [2.05, 4.69) is 5.10 Å². The molecule has 1 heterocycles. The standard InChI is InChI=1S/C16H15N3O2/c1-11-7-12(2)19(16(20)15(11)9-17)18-10-13-5-4-6-14(8-13)21-3/h4-8,10H,1-3H3/b18-10+. The summed E-state index contributed by atoms with van der Waals surface area (Å²) in [6.07, 6.45) is 1.56. The van der Waals surface area contributed by atoms with Crippen LogP contribution in [0.4, 0.5) is 0 Å². The summed E-state index contributed by atoms with van der Waals surface area (Å²) in [5.74, 6) is 0.713. The molecule has 0 atom stereocenters. The zero-order chi connectivity index (χ0) is 15.4. The van der Waals surface area contributed by atoms with Gasteiger partial charge in [-0.15, -0.1) is 0 Å². The van der Waals surface area contributed by atoms with Crippen LogP contribution in [0.5, 0.6) is 5.75 Å². The van der Waals surface area contributed by atoms with Crippen LogP contribution in [0, 0.1) is 25.2 Å². The Morgan fingerprint density at radius 2 is 2.10 bits per heavy atom. The van der Waals surface area contributed by atoms with Crippen LogP contribution in [0.3, 0.4) is 0 Å². The largest absolute Gasteiger partial charge is 0.497 e. The molecule has 0 radical (unpaired) electrons. The van der Waals surface area contributed by atoms with E-state index in [4.69, 9.17) is 10.00 Å². The van der Waals surface area contributed by atoms with Crippen molar-refractivity contribution in [1.29, 1.82) is 5.26 Å². The van der Waals surface area contributed by atoms with E-state index in [1.165, 1.54) is 4.68 Å². The van der Waals surface area contributed by atoms with Gasteiger partial charge < -0.3 is 4.74 Å². The summed E-state index contributed by atoms with van der Waals surface area (Å²) >= 11 is 0. The first-order valence-corrected chi connectivity index (χ1v) is 6.38. The molecule has 2 rings (SSSR count). The molecule has 21 heavy (non-hydrogen) atoms. The molecule has 0 N–H and O–H groups in total. The molecule has 1 aromatic carbocycles. The first-order chi connectivity index (χ1) is 10.1. The number of aryl methyl sites for hydroxylation is 2. The molecule has 0 spiro atoms. The van der Waals surface area contributed by atoms with Crippen LogP contribution in [0.15, 0.2) is 40.2 Å². The van der Waals surface area contributed by atoms with Crippen molar-refractivity contribution in [2.24, 2.45) is 5.10 Å². The van der Waals surface area contributed by atoms with E-state index in [9.17, 15) is 4.79 Å². The maximum atomic E-state index is 12.2. The third-order valence-electron chi connectivity index (χ3n) is 3.09. The predicted octanol–water partition coefficient (Wildman–Crippen LogP) is 2.23. The average molecular weight is 281 g/mol. The Hall–Kier alpha value is -2.87. The summed E-state index contributed by atoms with van der Waals surface area (Å²) in [7, 11) is 1.59. The van der Waals surface area contributed by atoms with Crippen molar-refractivity contribution in [3.63, 3.8) is 0 Å². The Kier molecular flexibility index (Phi) is 4.19. The average Bonchev–Trinajstić information content (AvgIpc) is 2.47. The van der Waals surface area contributed by atoms with Gasteiger partial charge in [-0.2, -0.15) is 10.4 Å². The molecule has 0 amide bonds. The molecule has 106 valence electrons. The summed E-state index contributed by atoms with van der Waals surface area (Å²) in [5.41, 5.74) is 1.85. The van der Waals surface area contributed by atoms with Gasteiger partial charge in [-0.3, -0.25) is 4.79 Å². The molecule has 0 aliphatic carbocycles. The van der Waals surface area contributed by atoms with Crippen molar-refractivity contribution in [1.82, 2.24) is 4.68 Å². The number of nitrogens with zero attached hydrogens (tertiary/aromatic N) is 3. The molecular formula is C16H15N3O2. The number of aromatic nitrogens is 1. The summed E-state index contributed by atoms with van der Waals surface area (Å²) in [6, 6.07) is 11.0. The van der Waals surface area contributed by atoms with Gasteiger partial charge in [0.05, 0.1) is 13.3 Å². The number of pyridine rings is 1. The van der Waals surface area contributed by atoms with Crippen LogP contribution < -0.4 is 10.3 Å². The van der Waals surface area contributed by atoms with Gasteiger partial charge in [0.15, 0.2) is 0 Å². The molecular weight excluding hydrogens is 266 g/mol. The van der Waals surface area contributed by atoms with Crippen LogP contribution in [-0.4, -0.2) is 18.0 Å². The lowest BCUT2D eigenvalue weighted by Gasteiger charge is -2.06. The van der Waals surface area contributed by atoms with Gasteiger partial charge in [-0.25, -0.2) is 4.68 Å². The van der Waals surface area contributed by atoms with Crippen molar-refractivity contribution in [2.45, 2.75) is 13.8 Å². The first-order valence-electron chi connectivity index (χ1n) is 6.38. The van der Waals surface area contributed by atoms with E-state index in [0.717, 1.165) is 5.56 Å². The predicted molar refractivity (Wildman–Crippen MR) is 80.9 cm³/mol. The van der Waals surface area contributed by atoms with Gasteiger partial charge in [0.25, 0.3) is 5.56 Å². The maximum Gasteiger partial charge on any atom is 0.289 e. The topological polar surface area (TPSA) is 67.4 Å². The zero-order valence-electron chi connectivity index (χ0n) is 12.1. The lowest BCUT2D eigenvalue weighted by molar-refractivity contribution is 0.415. The van der Waals surface area contributed by atoms with E-state index < -0.39 is 5.56 Å². The number of rotatable bonds is 3. The first kappa shape index (κ1) is 14.5. The summed E-state index contributed by atoms with van der Waals surface area (Å²) in [5, 5.41) is 13.2. The number of hydrogen-bond donors (Lipinski definition) is 0. The van der Waals surface area contributed by atoms with E-state index in [-0.39, 0.29) is 5.56 Å². The fourth-order valence-electron chi connectivity index (χ4n) is 2.01. The minimum Gasteiger partial charge on any atom is -0.497 e. The van der Waals surface area contributed by atoms with Gasteiger partial charge in [0.2, 0.25) is 0 Å². The van der Waals surface area contributed by atoms with Crippen LogP contribution >= 0.6 is 0 Å². The Morgan fingerprint density at radius 1 is 1.33 bits per heavy atom. The molecule has 5 nitrogen and oxygen atoms in total. The van der Waals surface area contributed by atoms with Crippen LogP contribution in [0.1, 0.15) is 22.4 Å². The molecule has 0 saturated carbocycles. The minimum atomic E-state index is -0.408. The highest BCUT2D eigenvalue weighted by molar-refractivity contribution is 5.80. The smallest absolute Gasteiger partial charge is 0.289 e. The Balaban J connectivity index is 2.46.